The maximum atomic E-state index is 12.4. The molecule has 30 heavy (non-hydrogen) atoms. The van der Waals surface area contributed by atoms with Gasteiger partial charge in [0.1, 0.15) is 5.69 Å². The Morgan fingerprint density at radius 2 is 1.70 bits per heavy atom. The molecule has 0 aliphatic heterocycles. The average molecular weight is 418 g/mol. The van der Waals surface area contributed by atoms with Crippen LogP contribution < -0.4 is 14.8 Å². The second-order valence-corrected chi connectivity index (χ2v) is 6.77. The first-order chi connectivity index (χ1) is 14.2. The molecule has 1 aromatic heterocycles. The molecule has 1 heterocycles. The molecule has 0 saturated carbocycles. The first-order valence-corrected chi connectivity index (χ1v) is 9.27. The Kier molecular flexibility index (Phi) is 7.46. The molecule has 0 spiro atoms. The van der Waals surface area contributed by atoms with Gasteiger partial charge in [-0.2, -0.15) is 0 Å². The van der Waals surface area contributed by atoms with E-state index in [2.05, 4.69) is 10.3 Å². The van der Waals surface area contributed by atoms with Gasteiger partial charge >= 0.3 is 11.9 Å². The first-order valence-electron chi connectivity index (χ1n) is 9.27. The van der Waals surface area contributed by atoms with Crippen molar-refractivity contribution in [3.63, 3.8) is 0 Å². The summed E-state index contributed by atoms with van der Waals surface area (Å²) in [7, 11) is 2.99. The van der Waals surface area contributed by atoms with E-state index in [0.29, 0.717) is 28.4 Å². The zero-order chi connectivity index (χ0) is 22.4. The van der Waals surface area contributed by atoms with Gasteiger partial charge in [-0.25, -0.2) is 9.59 Å². The molecule has 2 aromatic rings. The molecule has 2 rings (SSSR count). The molecule has 0 aliphatic carbocycles. The summed E-state index contributed by atoms with van der Waals surface area (Å²) in [6.07, 6.45) is -0.290. The van der Waals surface area contributed by atoms with Gasteiger partial charge in [0.05, 0.1) is 25.9 Å². The van der Waals surface area contributed by atoms with Gasteiger partial charge in [0.2, 0.25) is 0 Å². The molecule has 2 N–H and O–H groups in total. The highest BCUT2D eigenvalue weighted by Gasteiger charge is 2.25. The van der Waals surface area contributed by atoms with Gasteiger partial charge < -0.3 is 29.2 Å². The summed E-state index contributed by atoms with van der Waals surface area (Å²) in [4.78, 5) is 39.6. The number of aromatic amines is 1. The minimum Gasteiger partial charge on any atom is -0.493 e. The topological polar surface area (TPSA) is 116 Å². The summed E-state index contributed by atoms with van der Waals surface area (Å²) in [5, 5.41) is 2.61. The molecule has 9 nitrogen and oxygen atoms in total. The van der Waals surface area contributed by atoms with Crippen molar-refractivity contribution in [3.8, 4) is 11.5 Å². The largest absolute Gasteiger partial charge is 0.493 e. The lowest BCUT2D eigenvalue weighted by Gasteiger charge is -2.11. The van der Waals surface area contributed by atoms with Crippen LogP contribution in [0, 0.1) is 13.8 Å². The van der Waals surface area contributed by atoms with Crippen LogP contribution in [0.1, 0.15) is 46.0 Å². The van der Waals surface area contributed by atoms with E-state index in [1.807, 2.05) is 0 Å². The van der Waals surface area contributed by atoms with Crippen molar-refractivity contribution < 1.29 is 33.3 Å². The van der Waals surface area contributed by atoms with Gasteiger partial charge in [-0.3, -0.25) is 4.79 Å². The number of methoxy groups -OCH3 is 2. The zero-order valence-corrected chi connectivity index (χ0v) is 17.9. The normalized spacial score (nSPS) is 10.5. The number of carbonyl (C=O) groups is 3. The second kappa shape index (κ2) is 9.82. The molecule has 1 amide bonds. The van der Waals surface area contributed by atoms with E-state index in [4.69, 9.17) is 18.9 Å². The van der Waals surface area contributed by atoms with Gasteiger partial charge in [0, 0.05) is 17.4 Å². The summed E-state index contributed by atoms with van der Waals surface area (Å²) in [6.45, 7) is 6.24. The van der Waals surface area contributed by atoms with E-state index in [1.165, 1.54) is 14.2 Å². The van der Waals surface area contributed by atoms with Crippen molar-refractivity contribution >= 4 is 23.5 Å². The lowest BCUT2D eigenvalue weighted by Crippen LogP contribution is -2.21. The maximum Gasteiger partial charge on any atom is 0.355 e. The monoisotopic (exact) mass is 418 g/mol. The van der Waals surface area contributed by atoms with Gasteiger partial charge in [-0.15, -0.1) is 0 Å². The lowest BCUT2D eigenvalue weighted by molar-refractivity contribution is -0.119. The third kappa shape index (κ3) is 5.31. The van der Waals surface area contributed by atoms with Crippen LogP contribution in [0.4, 0.5) is 5.69 Å². The van der Waals surface area contributed by atoms with Crippen molar-refractivity contribution in [3.05, 3.63) is 40.7 Å². The smallest absolute Gasteiger partial charge is 0.355 e. The number of benzene rings is 1. The van der Waals surface area contributed by atoms with E-state index in [-0.39, 0.29) is 17.4 Å². The highest BCUT2D eigenvalue weighted by molar-refractivity contribution is 6.00. The number of ether oxygens (including phenoxy) is 4. The van der Waals surface area contributed by atoms with Gasteiger partial charge in [0.15, 0.2) is 18.1 Å². The molecule has 0 aliphatic rings. The van der Waals surface area contributed by atoms with Crippen LogP contribution in [0.5, 0.6) is 11.5 Å². The molecule has 162 valence electrons. The summed E-state index contributed by atoms with van der Waals surface area (Å²) in [5.41, 5.74) is 1.73. The molecule has 9 heteroatoms. The fourth-order valence-corrected chi connectivity index (χ4v) is 2.85. The van der Waals surface area contributed by atoms with E-state index < -0.39 is 24.5 Å². The molecule has 0 unspecified atom stereocenters. The number of aromatic nitrogens is 1. The number of H-pyrrole nitrogens is 1. The Bertz CT molecular complexity index is 947. The fourth-order valence-electron chi connectivity index (χ4n) is 2.85. The number of aryl methyl sites for hydroxylation is 1. The standard InChI is InChI=1S/C21H26N2O7/c1-11(2)30-20(25)18-12(3)19(22-13(18)4)21(26)29-10-17(24)23-14-7-8-15(27-5)16(9-14)28-6/h7-9,11,22H,10H2,1-6H3,(H,23,24). The summed E-state index contributed by atoms with van der Waals surface area (Å²) in [6, 6.07) is 4.86. The third-order valence-corrected chi connectivity index (χ3v) is 4.19. The quantitative estimate of drug-likeness (QED) is 0.633. The van der Waals surface area contributed by atoms with Crippen LogP contribution in [0.25, 0.3) is 0 Å². The third-order valence-electron chi connectivity index (χ3n) is 4.19. The lowest BCUT2D eigenvalue weighted by atomic mass is 10.1. The molecule has 0 atom stereocenters. The van der Waals surface area contributed by atoms with Crippen molar-refractivity contribution in [2.24, 2.45) is 0 Å². The highest BCUT2D eigenvalue weighted by atomic mass is 16.5. The Labute approximate surface area is 174 Å². The van der Waals surface area contributed by atoms with Crippen molar-refractivity contribution in [2.45, 2.75) is 33.8 Å². The maximum absolute atomic E-state index is 12.4. The summed E-state index contributed by atoms with van der Waals surface area (Å²) in [5.74, 6) is -0.837. The van der Waals surface area contributed by atoms with Gasteiger partial charge in [-0.1, -0.05) is 0 Å². The summed E-state index contributed by atoms with van der Waals surface area (Å²) < 4.78 is 20.6. The number of carbonyl (C=O) groups excluding carboxylic acids is 3. The molecule has 0 saturated heterocycles. The van der Waals surface area contributed by atoms with Gasteiger partial charge in [-0.05, 0) is 45.4 Å². The molecule has 0 bridgehead atoms. The predicted molar refractivity (Wildman–Crippen MR) is 109 cm³/mol. The average Bonchev–Trinajstić information content (AvgIpc) is 2.99. The minimum atomic E-state index is -0.748. The Hall–Kier alpha value is -3.49. The van der Waals surface area contributed by atoms with Crippen LogP contribution in [0.15, 0.2) is 18.2 Å². The predicted octanol–water partition coefficient (Wildman–Crippen LogP) is 3.01. The highest BCUT2D eigenvalue weighted by Crippen LogP contribution is 2.29. The number of nitrogens with one attached hydrogen (secondary N) is 2. The molecular weight excluding hydrogens is 392 g/mol. The Balaban J connectivity index is 2.02. The summed E-state index contributed by atoms with van der Waals surface area (Å²) >= 11 is 0. The fraction of sp³-hybridized carbons (Fsp3) is 0.381. The van der Waals surface area contributed by atoms with Crippen LogP contribution in [-0.4, -0.2) is 49.8 Å². The van der Waals surface area contributed by atoms with Gasteiger partial charge in [0.25, 0.3) is 5.91 Å². The van der Waals surface area contributed by atoms with E-state index in [0.717, 1.165) is 0 Å². The Morgan fingerprint density at radius 3 is 2.30 bits per heavy atom. The molecule has 0 radical (unpaired) electrons. The van der Waals surface area contributed by atoms with Crippen LogP contribution >= 0.6 is 0 Å². The van der Waals surface area contributed by atoms with Crippen LogP contribution in [0.2, 0.25) is 0 Å². The molecule has 0 fully saturated rings. The van der Waals surface area contributed by atoms with Crippen molar-refractivity contribution in [1.29, 1.82) is 0 Å². The second-order valence-electron chi connectivity index (χ2n) is 6.77. The number of rotatable bonds is 8. The number of hydrogen-bond acceptors (Lipinski definition) is 7. The Morgan fingerprint density at radius 1 is 1.03 bits per heavy atom. The number of esters is 2. The minimum absolute atomic E-state index is 0.0992. The SMILES string of the molecule is COc1ccc(NC(=O)COC(=O)c2[nH]c(C)c(C(=O)OC(C)C)c2C)cc1OC. The van der Waals surface area contributed by atoms with Crippen molar-refractivity contribution in [2.75, 3.05) is 26.1 Å². The van der Waals surface area contributed by atoms with Crippen LogP contribution in [0.3, 0.4) is 0 Å². The first kappa shape index (κ1) is 22.8. The van der Waals surface area contributed by atoms with E-state index >= 15 is 0 Å². The number of amides is 1. The zero-order valence-electron chi connectivity index (χ0n) is 17.9. The van der Waals surface area contributed by atoms with E-state index in [9.17, 15) is 14.4 Å². The van der Waals surface area contributed by atoms with Crippen LogP contribution in [-0.2, 0) is 14.3 Å². The molecular formula is C21H26N2O7. The number of anilines is 1. The van der Waals surface area contributed by atoms with E-state index in [1.54, 1.807) is 45.9 Å². The number of hydrogen-bond donors (Lipinski definition) is 2. The van der Waals surface area contributed by atoms with Crippen molar-refractivity contribution in [1.82, 2.24) is 4.98 Å². The molecule has 1 aromatic carbocycles.